The van der Waals surface area contributed by atoms with Crippen molar-refractivity contribution in [3.8, 4) is 0 Å². The summed E-state index contributed by atoms with van der Waals surface area (Å²) in [6.45, 7) is 2.09. The number of thioether (sulfide) groups is 1. The zero-order valence-electron chi connectivity index (χ0n) is 16.6. The highest BCUT2D eigenvalue weighted by Crippen LogP contribution is 2.21. The number of amides is 2. The largest absolute Gasteiger partial charge is 0.480 e. The minimum Gasteiger partial charge on any atom is -0.480 e. The van der Waals surface area contributed by atoms with Crippen molar-refractivity contribution in [3.63, 3.8) is 0 Å². The second-order valence-corrected chi connectivity index (χ2v) is 8.21. The molecule has 1 unspecified atom stereocenters. The van der Waals surface area contributed by atoms with Crippen molar-refractivity contribution in [1.82, 2.24) is 5.32 Å². The average molecular weight is 424 g/mol. The molecule has 0 aromatic heterocycles. The average Bonchev–Trinajstić information content (AvgIpc) is 3.17. The Labute approximate surface area is 174 Å². The van der Waals surface area contributed by atoms with Gasteiger partial charge in [0, 0.05) is 23.5 Å². The smallest absolute Gasteiger partial charge is 0.325 e. The summed E-state index contributed by atoms with van der Waals surface area (Å²) in [7, 11) is 0. The number of ether oxygens (including phenoxy) is 1. The van der Waals surface area contributed by atoms with E-state index in [0.29, 0.717) is 17.5 Å². The summed E-state index contributed by atoms with van der Waals surface area (Å²) in [5.41, 5.74) is 6.68. The lowest BCUT2D eigenvalue weighted by Gasteiger charge is -2.12. The number of benzene rings is 1. The van der Waals surface area contributed by atoms with Crippen LogP contribution in [0.15, 0.2) is 18.2 Å². The maximum absolute atomic E-state index is 12.2. The number of carbonyl (C=O) groups is 3. The number of carbonyl (C=O) groups excluding carboxylic acids is 2. The second-order valence-electron chi connectivity index (χ2n) is 7.11. The number of nitrogens with two attached hydrogens (primary N) is 1. The number of aliphatic carboxylic acids is 1. The minimum absolute atomic E-state index is 0.185. The monoisotopic (exact) mass is 423 g/mol. The van der Waals surface area contributed by atoms with Crippen molar-refractivity contribution in [2.24, 2.45) is 0 Å². The van der Waals surface area contributed by atoms with Gasteiger partial charge in [-0.1, -0.05) is 12.8 Å². The van der Waals surface area contributed by atoms with Gasteiger partial charge in [0.05, 0.1) is 11.9 Å². The van der Waals surface area contributed by atoms with E-state index in [9.17, 15) is 14.4 Å². The highest BCUT2D eigenvalue weighted by atomic mass is 32.2. The van der Waals surface area contributed by atoms with Crippen LogP contribution in [0.1, 0.15) is 49.4 Å². The van der Waals surface area contributed by atoms with Gasteiger partial charge in [0.25, 0.3) is 5.91 Å². The molecule has 1 aromatic carbocycles. The van der Waals surface area contributed by atoms with Gasteiger partial charge in [-0.2, -0.15) is 11.8 Å². The zero-order chi connectivity index (χ0) is 21.2. The fourth-order valence-corrected chi connectivity index (χ4v) is 3.75. The van der Waals surface area contributed by atoms with E-state index < -0.39 is 17.9 Å². The maximum atomic E-state index is 12.2. The molecule has 8 nitrogen and oxygen atoms in total. The number of nitrogen functional groups attached to an aromatic ring is 1. The number of hydrogen-bond donors (Lipinski definition) is 4. The quantitative estimate of drug-likeness (QED) is 0.318. The Bertz CT molecular complexity index is 722. The maximum Gasteiger partial charge on any atom is 0.325 e. The molecule has 0 heterocycles. The molecule has 29 heavy (non-hydrogen) atoms. The highest BCUT2D eigenvalue weighted by molar-refractivity contribution is 7.99. The van der Waals surface area contributed by atoms with Crippen molar-refractivity contribution < 1.29 is 24.2 Å². The van der Waals surface area contributed by atoms with Crippen LogP contribution in [-0.2, 0) is 14.3 Å². The molecule has 0 spiro atoms. The molecule has 1 atom stereocenters. The molecule has 2 amide bonds. The summed E-state index contributed by atoms with van der Waals surface area (Å²) in [4.78, 5) is 35.2. The molecule has 0 aliphatic heterocycles. The Morgan fingerprint density at radius 1 is 1.28 bits per heavy atom. The molecule has 2 rings (SSSR count). The van der Waals surface area contributed by atoms with E-state index in [-0.39, 0.29) is 17.2 Å². The predicted octanol–water partition coefficient (Wildman–Crippen LogP) is 2.49. The number of anilines is 2. The minimum atomic E-state index is -1.14. The molecule has 1 aliphatic carbocycles. The van der Waals surface area contributed by atoms with Crippen LogP contribution in [0.25, 0.3) is 0 Å². The molecular weight excluding hydrogens is 394 g/mol. The van der Waals surface area contributed by atoms with Gasteiger partial charge in [-0.3, -0.25) is 14.4 Å². The van der Waals surface area contributed by atoms with Crippen LogP contribution in [0, 0.1) is 0 Å². The Balaban J connectivity index is 1.73. The van der Waals surface area contributed by atoms with Gasteiger partial charge in [-0.15, -0.1) is 0 Å². The van der Waals surface area contributed by atoms with Gasteiger partial charge >= 0.3 is 5.97 Å². The lowest BCUT2D eigenvalue weighted by molar-refractivity contribution is -0.138. The predicted molar refractivity (Wildman–Crippen MR) is 114 cm³/mol. The van der Waals surface area contributed by atoms with Crippen molar-refractivity contribution in [2.75, 3.05) is 29.2 Å². The third kappa shape index (κ3) is 8.33. The van der Waals surface area contributed by atoms with E-state index in [1.54, 1.807) is 6.07 Å². The van der Waals surface area contributed by atoms with Crippen molar-refractivity contribution >= 4 is 40.9 Å². The van der Waals surface area contributed by atoms with Gasteiger partial charge < -0.3 is 26.2 Å². The first kappa shape index (κ1) is 23.0. The van der Waals surface area contributed by atoms with Crippen LogP contribution in [0.3, 0.4) is 0 Å². The van der Waals surface area contributed by atoms with E-state index in [2.05, 4.69) is 10.6 Å². The molecule has 9 heteroatoms. The molecule has 1 aromatic rings. The Hall–Kier alpha value is -2.26. The number of carboxylic acid groups (broad SMARTS) is 1. The van der Waals surface area contributed by atoms with Crippen molar-refractivity contribution in [2.45, 2.75) is 51.2 Å². The fourth-order valence-electron chi connectivity index (χ4n) is 3.02. The van der Waals surface area contributed by atoms with E-state index >= 15 is 0 Å². The molecule has 5 N–H and O–H groups in total. The normalized spacial score (nSPS) is 15.1. The summed E-state index contributed by atoms with van der Waals surface area (Å²) in [5, 5.41) is 14.0. The van der Waals surface area contributed by atoms with Gasteiger partial charge in [0.1, 0.15) is 6.04 Å². The summed E-state index contributed by atoms with van der Waals surface area (Å²) >= 11 is 1.52. The molecule has 1 fully saturated rings. The van der Waals surface area contributed by atoms with Gasteiger partial charge in [-0.25, -0.2) is 0 Å². The zero-order valence-corrected chi connectivity index (χ0v) is 17.4. The van der Waals surface area contributed by atoms with Crippen LogP contribution in [0.2, 0.25) is 0 Å². The number of carboxylic acids is 1. The molecule has 1 aliphatic rings. The topological polar surface area (TPSA) is 131 Å². The van der Waals surface area contributed by atoms with Gasteiger partial charge in [0.2, 0.25) is 5.91 Å². The summed E-state index contributed by atoms with van der Waals surface area (Å²) in [5.74, 6) is -0.781. The third-order valence-electron chi connectivity index (χ3n) is 4.54. The van der Waals surface area contributed by atoms with Crippen LogP contribution in [0.5, 0.6) is 0 Å². The van der Waals surface area contributed by atoms with Crippen LogP contribution in [0.4, 0.5) is 11.4 Å². The van der Waals surface area contributed by atoms with Gasteiger partial charge in [-0.05, 0) is 50.1 Å². The van der Waals surface area contributed by atoms with Crippen LogP contribution >= 0.6 is 11.8 Å². The molecule has 160 valence electrons. The van der Waals surface area contributed by atoms with E-state index in [1.165, 1.54) is 43.7 Å². The second kappa shape index (κ2) is 11.7. The first-order valence-electron chi connectivity index (χ1n) is 9.78. The Morgan fingerprint density at radius 3 is 2.69 bits per heavy atom. The number of hydrogen-bond acceptors (Lipinski definition) is 6. The fraction of sp³-hybridized carbons (Fsp3) is 0.550. The van der Waals surface area contributed by atoms with Gasteiger partial charge in [0.15, 0.2) is 0 Å². The Kier molecular flexibility index (Phi) is 9.27. The molecule has 0 radical (unpaired) electrons. The summed E-state index contributed by atoms with van der Waals surface area (Å²) in [6.07, 6.45) is 6.14. The Morgan fingerprint density at radius 2 is 2.00 bits per heavy atom. The van der Waals surface area contributed by atoms with E-state index in [4.69, 9.17) is 15.6 Å². The molecule has 0 bridgehead atoms. The summed E-state index contributed by atoms with van der Waals surface area (Å²) in [6, 6.07) is 3.42. The van der Waals surface area contributed by atoms with Crippen LogP contribution < -0.4 is 16.4 Å². The van der Waals surface area contributed by atoms with Crippen LogP contribution in [-0.4, -0.2) is 53.1 Å². The lowest BCUT2D eigenvalue weighted by atomic mass is 10.1. The highest BCUT2D eigenvalue weighted by Gasteiger charge is 2.17. The third-order valence-corrected chi connectivity index (χ3v) is 5.58. The molecular formula is C20H29N3O5S. The van der Waals surface area contributed by atoms with E-state index in [0.717, 1.165) is 31.6 Å². The van der Waals surface area contributed by atoms with Crippen molar-refractivity contribution in [3.05, 3.63) is 23.8 Å². The lowest BCUT2D eigenvalue weighted by Crippen LogP contribution is -2.38. The SMILES string of the molecule is CC(NC(=O)c1cc(N)cc(NC(=O)CSCCCOC2CCCC2)c1)C(=O)O. The first-order valence-corrected chi connectivity index (χ1v) is 10.9. The van der Waals surface area contributed by atoms with Crippen molar-refractivity contribution in [1.29, 1.82) is 0 Å². The number of nitrogens with one attached hydrogen (secondary N) is 2. The molecule has 0 saturated heterocycles. The first-order chi connectivity index (χ1) is 13.8. The van der Waals surface area contributed by atoms with E-state index in [1.807, 2.05) is 0 Å². The standard InChI is InChI=1S/C20H29N3O5S/c1-13(20(26)27)22-19(25)14-9-15(21)11-16(10-14)23-18(24)12-29-8-4-7-28-17-5-2-3-6-17/h9-11,13,17H,2-8,12,21H2,1H3,(H,22,25)(H,23,24)(H,26,27). The molecule has 1 saturated carbocycles. The number of rotatable bonds is 11. The summed E-state index contributed by atoms with van der Waals surface area (Å²) < 4.78 is 5.79.